The zero-order valence-electron chi connectivity index (χ0n) is 8.51. The van der Waals surface area contributed by atoms with Crippen LogP contribution in [0.3, 0.4) is 0 Å². The van der Waals surface area contributed by atoms with Crippen molar-refractivity contribution in [1.29, 1.82) is 5.26 Å². The Balaban J connectivity index is 2.13. The van der Waals surface area contributed by atoms with Gasteiger partial charge in [0.1, 0.15) is 18.4 Å². The number of hydrogen-bond donors (Lipinski definition) is 1. The van der Waals surface area contributed by atoms with Crippen molar-refractivity contribution >= 4 is 17.0 Å². The van der Waals surface area contributed by atoms with Crippen LogP contribution in [0.2, 0.25) is 0 Å². The summed E-state index contributed by atoms with van der Waals surface area (Å²) in [6.07, 6.45) is 0. The first-order valence-corrected chi connectivity index (χ1v) is 5.67. The first kappa shape index (κ1) is 10.5. The fourth-order valence-corrected chi connectivity index (χ4v) is 1.95. The highest BCUT2D eigenvalue weighted by Gasteiger charge is 2.04. The zero-order chi connectivity index (χ0) is 11.4. The second kappa shape index (κ2) is 4.69. The summed E-state index contributed by atoms with van der Waals surface area (Å²) in [6.45, 7) is 0.474. The van der Waals surface area contributed by atoms with Gasteiger partial charge in [-0.3, -0.25) is 0 Å². The molecular formula is C12H10N2OS. The first-order valence-electron chi connectivity index (χ1n) is 4.73. The van der Waals surface area contributed by atoms with Gasteiger partial charge in [-0.15, -0.1) is 0 Å². The summed E-state index contributed by atoms with van der Waals surface area (Å²) in [5.74, 6) is 0.572. The molecular weight excluding hydrogens is 220 g/mol. The van der Waals surface area contributed by atoms with Crippen LogP contribution in [0, 0.1) is 11.3 Å². The minimum Gasteiger partial charge on any atom is -0.487 e. The fourth-order valence-electron chi connectivity index (χ4n) is 1.30. The first-order chi connectivity index (χ1) is 7.79. The third kappa shape index (κ3) is 2.33. The Morgan fingerprint density at radius 3 is 2.94 bits per heavy atom. The number of nitriles is 1. The minimum atomic E-state index is 0.468. The van der Waals surface area contributed by atoms with Crippen molar-refractivity contribution in [3.8, 4) is 11.8 Å². The Hall–Kier alpha value is -1.99. The minimum absolute atomic E-state index is 0.468. The summed E-state index contributed by atoms with van der Waals surface area (Å²) in [4.78, 5) is 0. The maximum absolute atomic E-state index is 8.92. The standard InChI is InChI=1S/C12H10N2OS/c13-6-10-5-11(14)1-2-12(10)15-7-9-3-4-16-8-9/h1-5,8H,7,14H2. The number of benzene rings is 1. The molecule has 0 aliphatic carbocycles. The van der Waals surface area contributed by atoms with Crippen molar-refractivity contribution in [3.63, 3.8) is 0 Å². The third-order valence-electron chi connectivity index (χ3n) is 2.10. The van der Waals surface area contributed by atoms with E-state index in [2.05, 4.69) is 6.07 Å². The van der Waals surface area contributed by atoms with Crippen LogP contribution in [0.1, 0.15) is 11.1 Å². The van der Waals surface area contributed by atoms with E-state index in [1.54, 1.807) is 29.5 Å². The Labute approximate surface area is 97.7 Å². The molecule has 0 amide bonds. The molecule has 0 radical (unpaired) electrons. The van der Waals surface area contributed by atoms with Gasteiger partial charge in [0.2, 0.25) is 0 Å². The van der Waals surface area contributed by atoms with E-state index in [4.69, 9.17) is 15.7 Å². The van der Waals surface area contributed by atoms with Gasteiger partial charge in [-0.2, -0.15) is 16.6 Å². The number of hydrogen-bond acceptors (Lipinski definition) is 4. The van der Waals surface area contributed by atoms with E-state index in [1.807, 2.05) is 16.8 Å². The van der Waals surface area contributed by atoms with Crippen LogP contribution in [0.25, 0.3) is 0 Å². The normalized spacial score (nSPS) is 9.69. The molecule has 16 heavy (non-hydrogen) atoms. The number of nitrogens with zero attached hydrogens (tertiary/aromatic N) is 1. The molecule has 2 rings (SSSR count). The molecule has 0 aliphatic rings. The zero-order valence-corrected chi connectivity index (χ0v) is 9.33. The second-order valence-corrected chi connectivity index (χ2v) is 4.07. The van der Waals surface area contributed by atoms with Gasteiger partial charge in [-0.05, 0) is 40.6 Å². The van der Waals surface area contributed by atoms with Crippen molar-refractivity contribution in [2.45, 2.75) is 6.61 Å². The van der Waals surface area contributed by atoms with Gasteiger partial charge < -0.3 is 10.5 Å². The van der Waals surface area contributed by atoms with E-state index >= 15 is 0 Å². The summed E-state index contributed by atoms with van der Waals surface area (Å²) in [6, 6.07) is 9.12. The monoisotopic (exact) mass is 230 g/mol. The summed E-state index contributed by atoms with van der Waals surface area (Å²) in [5, 5.41) is 12.9. The van der Waals surface area contributed by atoms with Crippen molar-refractivity contribution in [2.24, 2.45) is 0 Å². The van der Waals surface area contributed by atoms with Gasteiger partial charge in [-0.25, -0.2) is 0 Å². The smallest absolute Gasteiger partial charge is 0.137 e. The van der Waals surface area contributed by atoms with Crippen LogP contribution >= 0.6 is 11.3 Å². The van der Waals surface area contributed by atoms with Crippen molar-refractivity contribution in [2.75, 3.05) is 5.73 Å². The molecule has 80 valence electrons. The summed E-state index contributed by atoms with van der Waals surface area (Å²) >= 11 is 1.62. The topological polar surface area (TPSA) is 59.0 Å². The lowest BCUT2D eigenvalue weighted by molar-refractivity contribution is 0.306. The molecule has 0 spiro atoms. The number of thiophene rings is 1. The van der Waals surface area contributed by atoms with Gasteiger partial charge >= 0.3 is 0 Å². The SMILES string of the molecule is N#Cc1cc(N)ccc1OCc1ccsc1. The van der Waals surface area contributed by atoms with Gasteiger partial charge in [0.05, 0.1) is 5.56 Å². The van der Waals surface area contributed by atoms with E-state index in [0.29, 0.717) is 23.6 Å². The molecule has 0 aliphatic heterocycles. The largest absolute Gasteiger partial charge is 0.487 e. The van der Waals surface area contributed by atoms with Crippen LogP contribution in [0.4, 0.5) is 5.69 Å². The van der Waals surface area contributed by atoms with E-state index in [9.17, 15) is 0 Å². The number of anilines is 1. The predicted octanol–water partition coefficient (Wildman–Crippen LogP) is 2.78. The van der Waals surface area contributed by atoms with Crippen molar-refractivity contribution in [3.05, 3.63) is 46.2 Å². The predicted molar refractivity (Wildman–Crippen MR) is 64.2 cm³/mol. The summed E-state index contributed by atoms with van der Waals surface area (Å²) < 4.78 is 5.56. The van der Waals surface area contributed by atoms with Crippen molar-refractivity contribution in [1.82, 2.24) is 0 Å². The van der Waals surface area contributed by atoms with E-state index < -0.39 is 0 Å². The molecule has 0 atom stereocenters. The fraction of sp³-hybridized carbons (Fsp3) is 0.0833. The van der Waals surface area contributed by atoms with E-state index in [0.717, 1.165) is 5.56 Å². The molecule has 1 aromatic heterocycles. The lowest BCUT2D eigenvalue weighted by atomic mass is 10.2. The third-order valence-corrected chi connectivity index (χ3v) is 2.83. The Bertz CT molecular complexity index is 514. The maximum Gasteiger partial charge on any atom is 0.137 e. The average molecular weight is 230 g/mol. The highest BCUT2D eigenvalue weighted by molar-refractivity contribution is 7.07. The highest BCUT2D eigenvalue weighted by atomic mass is 32.1. The number of nitrogen functional groups attached to an aromatic ring is 1. The molecule has 3 nitrogen and oxygen atoms in total. The number of rotatable bonds is 3. The molecule has 1 heterocycles. The molecule has 0 fully saturated rings. The lowest BCUT2D eigenvalue weighted by Gasteiger charge is -2.07. The molecule has 0 bridgehead atoms. The van der Waals surface area contributed by atoms with Crippen LogP contribution in [0.5, 0.6) is 5.75 Å². The van der Waals surface area contributed by atoms with E-state index in [-0.39, 0.29) is 0 Å². The molecule has 4 heteroatoms. The van der Waals surface area contributed by atoms with Gasteiger partial charge in [0.25, 0.3) is 0 Å². The Morgan fingerprint density at radius 2 is 2.25 bits per heavy atom. The van der Waals surface area contributed by atoms with Gasteiger partial charge in [-0.1, -0.05) is 0 Å². The summed E-state index contributed by atoms with van der Waals surface area (Å²) in [7, 11) is 0. The Morgan fingerprint density at radius 1 is 1.38 bits per heavy atom. The quantitative estimate of drug-likeness (QED) is 0.825. The van der Waals surface area contributed by atoms with Crippen LogP contribution < -0.4 is 10.5 Å². The Kier molecular flexibility index (Phi) is 3.08. The molecule has 0 unspecified atom stereocenters. The van der Waals surface area contributed by atoms with Gasteiger partial charge in [0, 0.05) is 5.69 Å². The van der Waals surface area contributed by atoms with Crippen LogP contribution in [-0.4, -0.2) is 0 Å². The molecule has 1 aromatic carbocycles. The average Bonchev–Trinajstić information content (AvgIpc) is 2.80. The second-order valence-electron chi connectivity index (χ2n) is 3.29. The summed E-state index contributed by atoms with van der Waals surface area (Å²) in [5.41, 5.74) is 7.73. The van der Waals surface area contributed by atoms with E-state index in [1.165, 1.54) is 0 Å². The van der Waals surface area contributed by atoms with Crippen LogP contribution in [0.15, 0.2) is 35.0 Å². The number of nitrogens with two attached hydrogens (primary N) is 1. The molecule has 2 aromatic rings. The molecule has 0 saturated heterocycles. The van der Waals surface area contributed by atoms with Crippen molar-refractivity contribution < 1.29 is 4.74 Å². The molecule has 0 saturated carbocycles. The highest BCUT2D eigenvalue weighted by Crippen LogP contribution is 2.21. The molecule has 2 N–H and O–H groups in total. The van der Waals surface area contributed by atoms with Gasteiger partial charge in [0.15, 0.2) is 0 Å². The maximum atomic E-state index is 8.92. The number of ether oxygens (including phenoxy) is 1. The van der Waals surface area contributed by atoms with Crippen LogP contribution in [-0.2, 0) is 6.61 Å². The lowest BCUT2D eigenvalue weighted by Crippen LogP contribution is -1.97.